The van der Waals surface area contributed by atoms with Crippen LogP contribution in [-0.4, -0.2) is 36.4 Å². The molecule has 0 radical (unpaired) electrons. The van der Waals surface area contributed by atoms with Crippen molar-refractivity contribution in [1.82, 2.24) is 4.73 Å². The number of fused-ring (bicyclic) bond motifs is 1. The molecule has 0 amide bonds. The van der Waals surface area contributed by atoms with Crippen LogP contribution in [0, 0.1) is 0 Å². The summed E-state index contributed by atoms with van der Waals surface area (Å²) in [6.07, 6.45) is -1.59. The molecule has 3 aromatic rings. The molecule has 28 heavy (non-hydrogen) atoms. The van der Waals surface area contributed by atoms with E-state index in [9.17, 15) is 9.90 Å². The van der Waals surface area contributed by atoms with Crippen LogP contribution in [0.25, 0.3) is 10.9 Å². The predicted octanol–water partition coefficient (Wildman–Crippen LogP) is 1.70. The molecule has 3 rings (SSSR count). The lowest BCUT2D eigenvalue weighted by molar-refractivity contribution is -0.0323. The molecular formula is C21H24N2O5. The van der Waals surface area contributed by atoms with E-state index in [0.717, 1.165) is 15.7 Å². The van der Waals surface area contributed by atoms with Crippen molar-refractivity contribution < 1.29 is 19.4 Å². The topological polar surface area (TPSA) is 95.9 Å². The third kappa shape index (κ3) is 3.95. The summed E-state index contributed by atoms with van der Waals surface area (Å²) >= 11 is 0. The molecule has 1 aromatic heterocycles. The number of aliphatic hydroxyl groups is 1. The van der Waals surface area contributed by atoms with Crippen LogP contribution >= 0.6 is 0 Å². The predicted molar refractivity (Wildman–Crippen MR) is 107 cm³/mol. The molecule has 7 heteroatoms. The fourth-order valence-corrected chi connectivity index (χ4v) is 2.94. The molecule has 0 aliphatic heterocycles. The minimum atomic E-state index is -1.03. The number of hydrogen-bond donors (Lipinski definition) is 2. The molecule has 0 fully saturated rings. The minimum absolute atomic E-state index is 0.329. The quantitative estimate of drug-likeness (QED) is 0.602. The number of para-hydroxylation sites is 1. The van der Waals surface area contributed by atoms with Gasteiger partial charge in [-0.3, -0.25) is 10.5 Å². The maximum absolute atomic E-state index is 13.1. The van der Waals surface area contributed by atoms with Crippen LogP contribution in [0.5, 0.6) is 11.5 Å². The Labute approximate surface area is 162 Å². The summed E-state index contributed by atoms with van der Waals surface area (Å²) in [6, 6.07) is 14.7. The Kier molecular flexibility index (Phi) is 5.87. The van der Waals surface area contributed by atoms with Crippen molar-refractivity contribution in [2.24, 2.45) is 5.73 Å². The van der Waals surface area contributed by atoms with Gasteiger partial charge in [0.15, 0.2) is 17.7 Å². The SMILES string of the molecule is COc1ccc(Cc2cc3ccccc3n(OC(N)C(C)O)c2=O)cc1OC. The van der Waals surface area contributed by atoms with E-state index < -0.39 is 12.3 Å². The number of nitrogens with zero attached hydrogens (tertiary/aromatic N) is 1. The molecule has 1 heterocycles. The maximum Gasteiger partial charge on any atom is 0.287 e. The van der Waals surface area contributed by atoms with Gasteiger partial charge in [0.25, 0.3) is 5.56 Å². The lowest BCUT2D eigenvalue weighted by Gasteiger charge is -2.20. The molecule has 2 aromatic carbocycles. The number of aliphatic hydroxyl groups excluding tert-OH is 1. The van der Waals surface area contributed by atoms with Gasteiger partial charge in [0, 0.05) is 17.4 Å². The third-order valence-corrected chi connectivity index (χ3v) is 4.49. The highest BCUT2D eigenvalue weighted by Gasteiger charge is 2.17. The van der Waals surface area contributed by atoms with Crippen molar-refractivity contribution >= 4 is 10.9 Å². The average Bonchev–Trinajstić information content (AvgIpc) is 2.70. The molecular weight excluding hydrogens is 360 g/mol. The lowest BCUT2D eigenvalue weighted by Crippen LogP contribution is -2.45. The molecule has 0 spiro atoms. The molecule has 0 saturated carbocycles. The molecule has 0 aliphatic rings. The summed E-state index contributed by atoms with van der Waals surface area (Å²) in [5.74, 6) is 1.21. The van der Waals surface area contributed by atoms with Gasteiger partial charge in [-0.15, -0.1) is 4.73 Å². The van der Waals surface area contributed by atoms with E-state index in [-0.39, 0.29) is 5.56 Å². The Balaban J connectivity index is 2.07. The number of nitrogens with two attached hydrogens (primary N) is 1. The monoisotopic (exact) mass is 384 g/mol. The van der Waals surface area contributed by atoms with Crippen molar-refractivity contribution in [1.29, 1.82) is 0 Å². The van der Waals surface area contributed by atoms with E-state index in [0.29, 0.717) is 29.0 Å². The standard InChI is InChI=1S/C21H24N2O5/c1-13(24)20(22)28-23-17-7-5-4-6-15(17)12-16(21(23)25)10-14-8-9-18(26-2)19(11-14)27-3/h4-9,11-13,20,24H,10,22H2,1-3H3. The lowest BCUT2D eigenvalue weighted by atomic mass is 10.0. The van der Waals surface area contributed by atoms with Crippen LogP contribution in [0.4, 0.5) is 0 Å². The molecule has 0 saturated heterocycles. The van der Waals surface area contributed by atoms with Gasteiger partial charge < -0.3 is 19.4 Å². The Morgan fingerprint density at radius 3 is 2.46 bits per heavy atom. The normalized spacial score (nSPS) is 13.2. The summed E-state index contributed by atoms with van der Waals surface area (Å²) in [7, 11) is 3.14. The molecule has 2 unspecified atom stereocenters. The van der Waals surface area contributed by atoms with Gasteiger partial charge >= 0.3 is 0 Å². The third-order valence-electron chi connectivity index (χ3n) is 4.49. The van der Waals surface area contributed by atoms with Crippen molar-refractivity contribution in [2.75, 3.05) is 14.2 Å². The second-order valence-electron chi connectivity index (χ2n) is 6.50. The van der Waals surface area contributed by atoms with Crippen LogP contribution in [-0.2, 0) is 6.42 Å². The highest BCUT2D eigenvalue weighted by Crippen LogP contribution is 2.28. The van der Waals surface area contributed by atoms with E-state index in [2.05, 4.69) is 0 Å². The maximum atomic E-state index is 13.1. The first-order valence-electron chi connectivity index (χ1n) is 8.90. The summed E-state index contributed by atoms with van der Waals surface area (Å²) < 4.78 is 11.8. The zero-order chi connectivity index (χ0) is 20.3. The zero-order valence-corrected chi connectivity index (χ0v) is 16.1. The average molecular weight is 384 g/mol. The molecule has 148 valence electrons. The highest BCUT2D eigenvalue weighted by molar-refractivity contribution is 5.79. The van der Waals surface area contributed by atoms with Gasteiger partial charge in [-0.1, -0.05) is 24.3 Å². The van der Waals surface area contributed by atoms with Crippen molar-refractivity contribution in [3.05, 3.63) is 70.0 Å². The molecule has 7 nitrogen and oxygen atoms in total. The first-order valence-corrected chi connectivity index (χ1v) is 8.90. The summed E-state index contributed by atoms with van der Waals surface area (Å²) in [6.45, 7) is 1.51. The van der Waals surface area contributed by atoms with Gasteiger partial charge in [0.05, 0.1) is 19.7 Å². The molecule has 3 N–H and O–H groups in total. The van der Waals surface area contributed by atoms with E-state index >= 15 is 0 Å². The van der Waals surface area contributed by atoms with Crippen molar-refractivity contribution in [3.8, 4) is 11.5 Å². The first-order chi connectivity index (χ1) is 13.4. The van der Waals surface area contributed by atoms with E-state index in [1.165, 1.54) is 6.92 Å². The van der Waals surface area contributed by atoms with Crippen molar-refractivity contribution in [2.45, 2.75) is 25.7 Å². The van der Waals surface area contributed by atoms with Gasteiger partial charge in [-0.05, 0) is 36.8 Å². The number of benzene rings is 2. The number of rotatable bonds is 7. The Morgan fingerprint density at radius 2 is 1.79 bits per heavy atom. The summed E-state index contributed by atoms with van der Waals surface area (Å²) in [4.78, 5) is 18.6. The summed E-state index contributed by atoms with van der Waals surface area (Å²) in [5.41, 5.74) is 7.49. The van der Waals surface area contributed by atoms with Gasteiger partial charge in [0.2, 0.25) is 0 Å². The fourth-order valence-electron chi connectivity index (χ4n) is 2.94. The second kappa shape index (κ2) is 8.33. The number of aromatic nitrogens is 1. The van der Waals surface area contributed by atoms with Crippen LogP contribution in [0.2, 0.25) is 0 Å². The van der Waals surface area contributed by atoms with E-state index in [1.807, 2.05) is 36.4 Å². The molecule has 0 aliphatic carbocycles. The molecule has 2 atom stereocenters. The van der Waals surface area contributed by atoms with Gasteiger partial charge in [-0.25, -0.2) is 0 Å². The van der Waals surface area contributed by atoms with E-state index in [1.54, 1.807) is 26.4 Å². The highest BCUT2D eigenvalue weighted by atomic mass is 16.7. The summed E-state index contributed by atoms with van der Waals surface area (Å²) in [5, 5.41) is 10.5. The Hall–Kier alpha value is -3.03. The smallest absolute Gasteiger partial charge is 0.287 e. The number of pyridine rings is 1. The van der Waals surface area contributed by atoms with Gasteiger partial charge in [-0.2, -0.15) is 0 Å². The van der Waals surface area contributed by atoms with Crippen molar-refractivity contribution in [3.63, 3.8) is 0 Å². The second-order valence-corrected chi connectivity index (χ2v) is 6.50. The largest absolute Gasteiger partial charge is 0.493 e. The number of hydrogen-bond acceptors (Lipinski definition) is 6. The van der Waals surface area contributed by atoms with Gasteiger partial charge in [0.1, 0.15) is 6.10 Å². The van der Waals surface area contributed by atoms with Crippen LogP contribution in [0.1, 0.15) is 18.1 Å². The van der Waals surface area contributed by atoms with Crippen LogP contribution in [0.3, 0.4) is 0 Å². The Bertz CT molecular complexity index is 1030. The number of ether oxygens (including phenoxy) is 2. The van der Waals surface area contributed by atoms with Crippen LogP contribution < -0.4 is 25.6 Å². The minimum Gasteiger partial charge on any atom is -0.493 e. The van der Waals surface area contributed by atoms with E-state index in [4.69, 9.17) is 20.0 Å². The van der Waals surface area contributed by atoms with Crippen LogP contribution in [0.15, 0.2) is 53.3 Å². The Morgan fingerprint density at radius 1 is 1.07 bits per heavy atom. The molecule has 0 bridgehead atoms. The zero-order valence-electron chi connectivity index (χ0n) is 16.1. The number of methoxy groups -OCH3 is 2. The first kappa shape index (κ1) is 19.7. The fraction of sp³-hybridized carbons (Fsp3) is 0.286.